The Bertz CT molecular complexity index is 378. The van der Waals surface area contributed by atoms with E-state index in [-0.39, 0.29) is 5.02 Å². The van der Waals surface area contributed by atoms with E-state index < -0.39 is 5.82 Å². The van der Waals surface area contributed by atoms with Crippen molar-refractivity contribution in [1.29, 1.82) is 5.41 Å². The van der Waals surface area contributed by atoms with Crippen molar-refractivity contribution in [2.75, 3.05) is 11.4 Å². The summed E-state index contributed by atoms with van der Waals surface area (Å²) in [5.74, 6) is 0.0342. The lowest BCUT2D eigenvalue weighted by atomic mass is 10.3. The Balaban J connectivity index is 2.41. The van der Waals surface area contributed by atoms with E-state index in [9.17, 15) is 4.39 Å². The van der Waals surface area contributed by atoms with Gasteiger partial charge in [0, 0.05) is 13.0 Å². The zero-order valence-corrected chi connectivity index (χ0v) is 8.31. The Labute approximate surface area is 86.8 Å². The Morgan fingerprint density at radius 1 is 1.43 bits per heavy atom. The third-order valence-corrected chi connectivity index (χ3v) is 2.64. The second-order valence-corrected chi connectivity index (χ2v) is 3.68. The molecule has 1 aliphatic rings. The summed E-state index contributed by atoms with van der Waals surface area (Å²) in [6.07, 6.45) is 1.62. The second-order valence-electron chi connectivity index (χ2n) is 3.27. The van der Waals surface area contributed by atoms with Crippen molar-refractivity contribution >= 4 is 23.1 Å². The molecule has 0 aromatic heterocycles. The monoisotopic (exact) mass is 212 g/mol. The third kappa shape index (κ3) is 1.48. The first-order valence-corrected chi connectivity index (χ1v) is 4.87. The van der Waals surface area contributed by atoms with Gasteiger partial charge in [0.1, 0.15) is 5.84 Å². The summed E-state index contributed by atoms with van der Waals surface area (Å²) in [6.45, 7) is 0.704. The molecular weight excluding hydrogens is 203 g/mol. The summed E-state index contributed by atoms with van der Waals surface area (Å²) in [4.78, 5) is 1.67. The minimum Gasteiger partial charge on any atom is -0.328 e. The first kappa shape index (κ1) is 9.46. The zero-order chi connectivity index (χ0) is 10.1. The number of hydrogen-bond acceptors (Lipinski definition) is 1. The summed E-state index contributed by atoms with van der Waals surface area (Å²) < 4.78 is 13.6. The fraction of sp³-hybridized carbons (Fsp3) is 0.300. The fourth-order valence-corrected chi connectivity index (χ4v) is 1.81. The third-order valence-electron chi connectivity index (χ3n) is 2.34. The molecule has 0 radical (unpaired) electrons. The predicted molar refractivity (Wildman–Crippen MR) is 55.7 cm³/mol. The molecule has 2 rings (SSSR count). The largest absolute Gasteiger partial charge is 0.328 e. The molecule has 0 unspecified atom stereocenters. The topological polar surface area (TPSA) is 27.1 Å². The van der Waals surface area contributed by atoms with Crippen LogP contribution in [0, 0.1) is 11.2 Å². The smallest absolute Gasteiger partial charge is 0.165 e. The van der Waals surface area contributed by atoms with Crippen LogP contribution in [0.1, 0.15) is 12.8 Å². The highest BCUT2D eigenvalue weighted by Gasteiger charge is 2.21. The molecule has 0 spiro atoms. The van der Waals surface area contributed by atoms with Crippen LogP contribution in [-0.2, 0) is 0 Å². The summed E-state index contributed by atoms with van der Waals surface area (Å²) in [5, 5.41) is 7.74. The summed E-state index contributed by atoms with van der Waals surface area (Å²) in [5.41, 5.74) is 0.417. The maximum absolute atomic E-state index is 13.6. The van der Waals surface area contributed by atoms with Crippen LogP contribution in [0.4, 0.5) is 10.1 Å². The van der Waals surface area contributed by atoms with Crippen LogP contribution >= 0.6 is 11.6 Å². The Kier molecular flexibility index (Phi) is 2.42. The number of amidine groups is 1. The molecule has 0 bridgehead atoms. The number of anilines is 1. The van der Waals surface area contributed by atoms with E-state index in [1.165, 1.54) is 6.07 Å². The van der Waals surface area contributed by atoms with Crippen LogP contribution in [-0.4, -0.2) is 12.4 Å². The minimum absolute atomic E-state index is 0.113. The highest BCUT2D eigenvalue weighted by Crippen LogP contribution is 2.28. The lowest BCUT2D eigenvalue weighted by molar-refractivity contribution is 0.627. The summed E-state index contributed by atoms with van der Waals surface area (Å²) in [7, 11) is 0. The first-order chi connectivity index (χ1) is 6.70. The van der Waals surface area contributed by atoms with Crippen molar-refractivity contribution in [2.24, 2.45) is 0 Å². The molecule has 2 nitrogen and oxygen atoms in total. The number of hydrogen-bond donors (Lipinski definition) is 1. The first-order valence-electron chi connectivity index (χ1n) is 4.49. The lowest BCUT2D eigenvalue weighted by Crippen LogP contribution is -2.24. The Morgan fingerprint density at radius 3 is 2.86 bits per heavy atom. The normalized spacial score (nSPS) is 16.4. The van der Waals surface area contributed by atoms with Gasteiger partial charge in [-0.05, 0) is 18.6 Å². The quantitative estimate of drug-likeness (QED) is 0.761. The maximum atomic E-state index is 13.6. The number of benzene rings is 1. The molecule has 1 aliphatic heterocycles. The minimum atomic E-state index is -0.430. The molecule has 1 aromatic rings. The predicted octanol–water partition coefficient (Wildman–Crippen LogP) is 3.06. The van der Waals surface area contributed by atoms with Gasteiger partial charge in [-0.1, -0.05) is 17.7 Å². The van der Waals surface area contributed by atoms with E-state index >= 15 is 0 Å². The van der Waals surface area contributed by atoms with Gasteiger partial charge in [0.25, 0.3) is 0 Å². The second kappa shape index (κ2) is 3.58. The molecule has 1 saturated heterocycles. The molecule has 0 saturated carbocycles. The van der Waals surface area contributed by atoms with E-state index in [1.54, 1.807) is 17.0 Å². The average Bonchev–Trinajstić information content (AvgIpc) is 2.57. The average molecular weight is 213 g/mol. The van der Waals surface area contributed by atoms with Gasteiger partial charge in [-0.3, -0.25) is 5.41 Å². The van der Waals surface area contributed by atoms with Crippen molar-refractivity contribution in [1.82, 2.24) is 0 Å². The van der Waals surface area contributed by atoms with Gasteiger partial charge in [0.2, 0.25) is 0 Å². The van der Waals surface area contributed by atoms with Gasteiger partial charge in [0.05, 0.1) is 10.7 Å². The zero-order valence-electron chi connectivity index (χ0n) is 7.56. The fourth-order valence-electron chi connectivity index (χ4n) is 1.64. The van der Waals surface area contributed by atoms with Gasteiger partial charge < -0.3 is 4.90 Å². The Hall–Kier alpha value is -1.09. The summed E-state index contributed by atoms with van der Waals surface area (Å²) in [6, 6.07) is 4.87. The van der Waals surface area contributed by atoms with E-state index in [0.717, 1.165) is 6.42 Å². The van der Waals surface area contributed by atoms with E-state index in [0.29, 0.717) is 24.5 Å². The van der Waals surface area contributed by atoms with E-state index in [4.69, 9.17) is 17.0 Å². The van der Waals surface area contributed by atoms with Crippen molar-refractivity contribution in [2.45, 2.75) is 12.8 Å². The SMILES string of the molecule is N=C1CCCN1c1cccc(Cl)c1F. The molecule has 0 amide bonds. The van der Waals surface area contributed by atoms with Gasteiger partial charge in [-0.25, -0.2) is 4.39 Å². The summed E-state index contributed by atoms with van der Waals surface area (Å²) >= 11 is 5.67. The van der Waals surface area contributed by atoms with Crippen LogP contribution in [0.25, 0.3) is 0 Å². The molecule has 4 heteroatoms. The van der Waals surface area contributed by atoms with Crippen molar-refractivity contribution < 1.29 is 4.39 Å². The molecule has 0 atom stereocenters. The molecule has 1 N–H and O–H groups in total. The van der Waals surface area contributed by atoms with Gasteiger partial charge >= 0.3 is 0 Å². The number of halogens is 2. The van der Waals surface area contributed by atoms with Gasteiger partial charge in [-0.15, -0.1) is 0 Å². The van der Waals surface area contributed by atoms with Crippen molar-refractivity contribution in [3.8, 4) is 0 Å². The maximum Gasteiger partial charge on any atom is 0.165 e. The van der Waals surface area contributed by atoms with Gasteiger partial charge in [0.15, 0.2) is 5.82 Å². The van der Waals surface area contributed by atoms with Crippen molar-refractivity contribution in [3.05, 3.63) is 29.0 Å². The number of nitrogens with zero attached hydrogens (tertiary/aromatic N) is 1. The number of nitrogens with one attached hydrogen (secondary N) is 1. The van der Waals surface area contributed by atoms with Crippen LogP contribution in [0.5, 0.6) is 0 Å². The number of rotatable bonds is 1. The molecular formula is C10H10ClFN2. The molecule has 74 valence electrons. The standard InChI is InChI=1S/C10H10ClFN2/c11-7-3-1-4-8(10(7)12)14-6-2-5-9(14)13/h1,3-4,13H,2,5-6H2. The highest BCUT2D eigenvalue weighted by molar-refractivity contribution is 6.31. The van der Waals surface area contributed by atoms with Gasteiger partial charge in [-0.2, -0.15) is 0 Å². The van der Waals surface area contributed by atoms with E-state index in [2.05, 4.69) is 0 Å². The van der Waals surface area contributed by atoms with Crippen LogP contribution in [0.15, 0.2) is 18.2 Å². The lowest BCUT2D eigenvalue weighted by Gasteiger charge is -2.18. The molecule has 0 aliphatic carbocycles. The molecule has 1 heterocycles. The van der Waals surface area contributed by atoms with Crippen LogP contribution < -0.4 is 4.90 Å². The molecule has 14 heavy (non-hydrogen) atoms. The molecule has 1 aromatic carbocycles. The highest BCUT2D eigenvalue weighted by atomic mass is 35.5. The Morgan fingerprint density at radius 2 is 2.21 bits per heavy atom. The van der Waals surface area contributed by atoms with E-state index in [1.807, 2.05) is 0 Å². The van der Waals surface area contributed by atoms with Crippen LogP contribution in [0.2, 0.25) is 5.02 Å². The molecule has 1 fully saturated rings. The van der Waals surface area contributed by atoms with Crippen LogP contribution in [0.3, 0.4) is 0 Å². The van der Waals surface area contributed by atoms with Crippen molar-refractivity contribution in [3.63, 3.8) is 0 Å².